The molecule has 1 saturated heterocycles. The minimum atomic E-state index is -4.43. The number of benzene rings is 1. The molecule has 3 rings (SSSR count). The molecule has 1 aliphatic heterocycles. The number of amides is 1. The van der Waals surface area contributed by atoms with Crippen molar-refractivity contribution < 1.29 is 18.0 Å². The Hall–Kier alpha value is -2.64. The zero-order valence-corrected chi connectivity index (χ0v) is 13.4. The monoisotopic (exact) mass is 350 g/mol. The van der Waals surface area contributed by atoms with Crippen molar-refractivity contribution >= 4 is 17.5 Å². The summed E-state index contributed by atoms with van der Waals surface area (Å²) in [4.78, 5) is 22.3. The second kappa shape index (κ2) is 7.08. The third-order valence-electron chi connectivity index (χ3n) is 3.96. The van der Waals surface area contributed by atoms with E-state index in [9.17, 15) is 18.0 Å². The smallest absolute Gasteiger partial charge is 0.337 e. The summed E-state index contributed by atoms with van der Waals surface area (Å²) < 4.78 is 38.3. The molecule has 132 valence electrons. The first-order valence-electron chi connectivity index (χ1n) is 8.00. The van der Waals surface area contributed by atoms with Gasteiger partial charge in [-0.05, 0) is 43.5 Å². The van der Waals surface area contributed by atoms with E-state index in [1.807, 2.05) is 0 Å². The molecule has 0 unspecified atom stereocenters. The predicted octanol–water partition coefficient (Wildman–Crippen LogP) is 3.87. The number of aromatic nitrogens is 2. The van der Waals surface area contributed by atoms with Gasteiger partial charge in [-0.25, -0.2) is 9.97 Å². The molecule has 1 aromatic heterocycles. The van der Waals surface area contributed by atoms with Crippen molar-refractivity contribution in [1.29, 1.82) is 0 Å². The van der Waals surface area contributed by atoms with Crippen LogP contribution in [0.2, 0.25) is 0 Å². The fraction of sp³-hybridized carbons (Fsp3) is 0.353. The number of hydrogen-bond acceptors (Lipinski definition) is 4. The molecule has 2 aromatic rings. The van der Waals surface area contributed by atoms with Gasteiger partial charge in [0, 0.05) is 25.0 Å². The van der Waals surface area contributed by atoms with E-state index >= 15 is 0 Å². The highest BCUT2D eigenvalue weighted by Gasteiger charge is 2.30. The summed E-state index contributed by atoms with van der Waals surface area (Å²) in [5.74, 6) is -0.101. The van der Waals surface area contributed by atoms with E-state index in [2.05, 4.69) is 15.3 Å². The van der Waals surface area contributed by atoms with Crippen LogP contribution in [0.5, 0.6) is 0 Å². The van der Waals surface area contributed by atoms with Gasteiger partial charge in [0.1, 0.15) is 5.69 Å². The highest BCUT2D eigenvalue weighted by molar-refractivity contribution is 5.92. The number of carbonyl (C=O) groups excluding carboxylic acids is 1. The van der Waals surface area contributed by atoms with Crippen molar-refractivity contribution in [2.45, 2.75) is 25.4 Å². The van der Waals surface area contributed by atoms with Crippen LogP contribution >= 0.6 is 0 Å². The molecule has 1 N–H and O–H groups in total. The van der Waals surface area contributed by atoms with Crippen molar-refractivity contribution in [3.8, 4) is 0 Å². The van der Waals surface area contributed by atoms with Gasteiger partial charge in [-0.3, -0.25) is 4.79 Å². The average Bonchev–Trinajstić information content (AvgIpc) is 2.61. The largest absolute Gasteiger partial charge is 0.416 e. The molecule has 0 spiro atoms. The van der Waals surface area contributed by atoms with E-state index in [-0.39, 0.29) is 23.2 Å². The van der Waals surface area contributed by atoms with Crippen LogP contribution in [-0.4, -0.2) is 33.9 Å². The van der Waals surface area contributed by atoms with Crippen LogP contribution in [0.4, 0.5) is 24.8 Å². The lowest BCUT2D eigenvalue weighted by Gasteiger charge is -2.26. The number of likely N-dealkylation sites (tertiary alicyclic amines) is 1. The molecule has 0 bridgehead atoms. The molecule has 0 atom stereocenters. The maximum atomic E-state index is 12.8. The molecule has 0 saturated carbocycles. The third kappa shape index (κ3) is 4.26. The van der Waals surface area contributed by atoms with Crippen LogP contribution < -0.4 is 5.32 Å². The van der Waals surface area contributed by atoms with Crippen LogP contribution in [-0.2, 0) is 6.18 Å². The van der Waals surface area contributed by atoms with Gasteiger partial charge in [-0.15, -0.1) is 0 Å². The first-order chi connectivity index (χ1) is 11.9. The van der Waals surface area contributed by atoms with E-state index in [1.165, 1.54) is 24.4 Å². The topological polar surface area (TPSA) is 58.1 Å². The predicted molar refractivity (Wildman–Crippen MR) is 86.5 cm³/mol. The Labute approximate surface area is 142 Å². The second-order valence-electron chi connectivity index (χ2n) is 5.82. The first kappa shape index (κ1) is 17.2. The third-order valence-corrected chi connectivity index (χ3v) is 3.96. The van der Waals surface area contributed by atoms with E-state index in [4.69, 9.17) is 0 Å². The van der Waals surface area contributed by atoms with E-state index in [0.29, 0.717) is 13.1 Å². The Morgan fingerprint density at radius 1 is 1.12 bits per heavy atom. The Bertz CT molecular complexity index is 758. The molecule has 1 aliphatic rings. The summed E-state index contributed by atoms with van der Waals surface area (Å²) in [7, 11) is 0. The van der Waals surface area contributed by atoms with Gasteiger partial charge in [0.05, 0.1) is 5.56 Å². The maximum Gasteiger partial charge on any atom is 0.416 e. The van der Waals surface area contributed by atoms with Crippen LogP contribution in [0, 0.1) is 0 Å². The SMILES string of the molecule is O=C(c1ccnc(Nc2cccc(C(F)(F)F)c2)n1)N1CCCCC1. The molecular weight excluding hydrogens is 333 g/mol. The number of carbonyl (C=O) groups is 1. The van der Waals surface area contributed by atoms with Gasteiger partial charge in [-0.2, -0.15) is 13.2 Å². The minimum Gasteiger partial charge on any atom is -0.337 e. The van der Waals surface area contributed by atoms with Crippen LogP contribution in [0.25, 0.3) is 0 Å². The summed E-state index contributed by atoms with van der Waals surface area (Å²) in [6, 6.07) is 6.25. The number of nitrogens with one attached hydrogen (secondary N) is 1. The van der Waals surface area contributed by atoms with Gasteiger partial charge in [0.2, 0.25) is 5.95 Å². The van der Waals surface area contributed by atoms with Crippen molar-refractivity contribution in [2.75, 3.05) is 18.4 Å². The van der Waals surface area contributed by atoms with Gasteiger partial charge in [0.15, 0.2) is 0 Å². The Kier molecular flexibility index (Phi) is 4.87. The lowest BCUT2D eigenvalue weighted by molar-refractivity contribution is -0.137. The molecule has 5 nitrogen and oxygen atoms in total. The highest BCUT2D eigenvalue weighted by Crippen LogP contribution is 2.31. The summed E-state index contributed by atoms with van der Waals surface area (Å²) in [6.07, 6.45) is 0.0268. The first-order valence-corrected chi connectivity index (χ1v) is 8.00. The lowest BCUT2D eigenvalue weighted by atomic mass is 10.1. The Balaban J connectivity index is 1.77. The van der Waals surface area contributed by atoms with Gasteiger partial charge in [0.25, 0.3) is 5.91 Å². The van der Waals surface area contributed by atoms with E-state index < -0.39 is 11.7 Å². The molecule has 1 amide bonds. The van der Waals surface area contributed by atoms with Crippen molar-refractivity contribution in [3.63, 3.8) is 0 Å². The Morgan fingerprint density at radius 2 is 1.88 bits per heavy atom. The summed E-state index contributed by atoms with van der Waals surface area (Å²) in [5.41, 5.74) is -0.332. The van der Waals surface area contributed by atoms with Crippen LogP contribution in [0.3, 0.4) is 0 Å². The van der Waals surface area contributed by atoms with Gasteiger partial charge >= 0.3 is 6.18 Å². The number of halogens is 3. The van der Waals surface area contributed by atoms with Crippen molar-refractivity contribution in [1.82, 2.24) is 14.9 Å². The van der Waals surface area contributed by atoms with Gasteiger partial charge in [-0.1, -0.05) is 6.07 Å². The number of anilines is 2. The summed E-state index contributed by atoms with van der Waals surface area (Å²) in [6.45, 7) is 1.39. The fourth-order valence-electron chi connectivity index (χ4n) is 2.70. The number of nitrogens with zero attached hydrogens (tertiary/aromatic N) is 3. The van der Waals surface area contributed by atoms with Gasteiger partial charge < -0.3 is 10.2 Å². The van der Waals surface area contributed by atoms with Crippen LogP contribution in [0.15, 0.2) is 36.5 Å². The molecular formula is C17H17F3N4O. The van der Waals surface area contributed by atoms with E-state index in [1.54, 1.807) is 4.90 Å². The Morgan fingerprint density at radius 3 is 2.60 bits per heavy atom. The van der Waals surface area contributed by atoms with Crippen LogP contribution in [0.1, 0.15) is 35.3 Å². The minimum absolute atomic E-state index is 0.0854. The molecule has 8 heteroatoms. The number of piperidine rings is 1. The second-order valence-corrected chi connectivity index (χ2v) is 5.82. The lowest BCUT2D eigenvalue weighted by Crippen LogP contribution is -2.36. The molecule has 1 aromatic carbocycles. The molecule has 0 aliphatic carbocycles. The standard InChI is InChI=1S/C17H17F3N4O/c18-17(19,20)12-5-4-6-13(11-12)22-16-21-8-7-14(23-16)15(25)24-9-2-1-3-10-24/h4-8,11H,1-3,9-10H2,(H,21,22,23). The zero-order chi connectivity index (χ0) is 17.9. The highest BCUT2D eigenvalue weighted by atomic mass is 19.4. The molecule has 0 radical (unpaired) electrons. The molecule has 2 heterocycles. The van der Waals surface area contributed by atoms with E-state index in [0.717, 1.165) is 31.4 Å². The average molecular weight is 350 g/mol. The number of alkyl halides is 3. The molecule has 1 fully saturated rings. The summed E-state index contributed by atoms with van der Waals surface area (Å²) in [5, 5.41) is 2.72. The zero-order valence-electron chi connectivity index (χ0n) is 13.4. The van der Waals surface area contributed by atoms with Crippen molar-refractivity contribution in [2.24, 2.45) is 0 Å². The normalized spacial score (nSPS) is 15.1. The maximum absolute atomic E-state index is 12.8. The molecule has 25 heavy (non-hydrogen) atoms. The fourth-order valence-corrected chi connectivity index (χ4v) is 2.70. The quantitative estimate of drug-likeness (QED) is 0.913. The van der Waals surface area contributed by atoms with Crippen molar-refractivity contribution in [3.05, 3.63) is 47.8 Å². The number of hydrogen-bond donors (Lipinski definition) is 1. The summed E-state index contributed by atoms with van der Waals surface area (Å²) >= 11 is 0. The number of rotatable bonds is 3.